The molecule has 5 heteroatoms. The summed E-state index contributed by atoms with van der Waals surface area (Å²) in [7, 11) is 3.26. The number of aromatic nitrogens is 1. The largest absolute Gasteiger partial charge is 0.493 e. The Hall–Kier alpha value is -3.73. The molecule has 31 heavy (non-hydrogen) atoms. The predicted octanol–water partition coefficient (Wildman–Crippen LogP) is 4.98. The Morgan fingerprint density at radius 2 is 1.65 bits per heavy atom. The second-order valence-electron chi connectivity index (χ2n) is 7.55. The third kappa shape index (κ3) is 3.99. The molecule has 4 aromatic rings. The summed E-state index contributed by atoms with van der Waals surface area (Å²) in [6.45, 7) is 2.65. The number of hydrogen-bond acceptors (Lipinski definition) is 3. The molecular formula is C26H26N2O3. The topological polar surface area (TPSA) is 66.5 Å². The molecule has 158 valence electrons. The Morgan fingerprint density at radius 3 is 2.35 bits per heavy atom. The maximum atomic E-state index is 12.0. The Balaban J connectivity index is 1.72. The van der Waals surface area contributed by atoms with Crippen molar-refractivity contribution in [3.63, 3.8) is 0 Å². The molecule has 0 atom stereocenters. The summed E-state index contributed by atoms with van der Waals surface area (Å²) < 4.78 is 12.9. The van der Waals surface area contributed by atoms with Gasteiger partial charge in [0.1, 0.15) is 0 Å². The van der Waals surface area contributed by atoms with Crippen LogP contribution in [0.1, 0.15) is 21.6 Å². The van der Waals surface area contributed by atoms with E-state index in [1.54, 1.807) is 14.2 Å². The second kappa shape index (κ2) is 8.56. The van der Waals surface area contributed by atoms with E-state index in [0.717, 1.165) is 34.3 Å². The van der Waals surface area contributed by atoms with Gasteiger partial charge in [0.25, 0.3) is 5.91 Å². The first-order valence-corrected chi connectivity index (χ1v) is 10.2. The lowest BCUT2D eigenvalue weighted by Gasteiger charge is -2.14. The standard InChI is InChI=1S/C26H26N2O3/c1-17-22(26(27)29)16-23(21-10-9-19-6-4-5-7-20(19)15-21)28(17)13-12-18-8-11-24(30-2)25(14-18)31-3/h4-11,14-16H,12-13H2,1-3H3,(H2,27,29). The van der Waals surface area contributed by atoms with Crippen molar-refractivity contribution in [1.82, 2.24) is 4.57 Å². The minimum atomic E-state index is -0.413. The van der Waals surface area contributed by atoms with E-state index < -0.39 is 5.91 Å². The van der Waals surface area contributed by atoms with Crippen LogP contribution in [0.15, 0.2) is 66.7 Å². The van der Waals surface area contributed by atoms with Gasteiger partial charge in [-0.15, -0.1) is 0 Å². The summed E-state index contributed by atoms with van der Waals surface area (Å²) in [5, 5.41) is 2.34. The van der Waals surface area contributed by atoms with Crippen LogP contribution in [-0.2, 0) is 13.0 Å². The van der Waals surface area contributed by atoms with Crippen LogP contribution >= 0.6 is 0 Å². The lowest BCUT2D eigenvalue weighted by molar-refractivity contribution is 0.0999. The molecule has 1 aromatic heterocycles. The Kier molecular flexibility index (Phi) is 5.67. The van der Waals surface area contributed by atoms with Crippen LogP contribution in [0.25, 0.3) is 22.0 Å². The minimum Gasteiger partial charge on any atom is -0.493 e. The van der Waals surface area contributed by atoms with Crippen LogP contribution in [0.4, 0.5) is 0 Å². The zero-order chi connectivity index (χ0) is 22.0. The van der Waals surface area contributed by atoms with Crippen LogP contribution in [0.3, 0.4) is 0 Å². The fourth-order valence-corrected chi connectivity index (χ4v) is 4.05. The lowest BCUT2D eigenvalue weighted by atomic mass is 10.0. The lowest BCUT2D eigenvalue weighted by Crippen LogP contribution is -2.13. The van der Waals surface area contributed by atoms with Gasteiger partial charge < -0.3 is 19.8 Å². The van der Waals surface area contributed by atoms with Gasteiger partial charge in [-0.05, 0) is 59.5 Å². The van der Waals surface area contributed by atoms with E-state index in [4.69, 9.17) is 15.2 Å². The van der Waals surface area contributed by atoms with Gasteiger partial charge in [-0.2, -0.15) is 0 Å². The molecule has 0 spiro atoms. The van der Waals surface area contributed by atoms with Gasteiger partial charge in [-0.1, -0.05) is 42.5 Å². The zero-order valence-corrected chi connectivity index (χ0v) is 18.0. The molecule has 1 heterocycles. The Morgan fingerprint density at radius 1 is 0.903 bits per heavy atom. The first-order valence-electron chi connectivity index (χ1n) is 10.2. The number of hydrogen-bond donors (Lipinski definition) is 1. The molecule has 0 aliphatic carbocycles. The second-order valence-corrected chi connectivity index (χ2v) is 7.55. The number of nitrogens with zero attached hydrogens (tertiary/aromatic N) is 1. The average molecular weight is 415 g/mol. The Labute approximate surface area is 182 Å². The van der Waals surface area contributed by atoms with Crippen LogP contribution in [0.5, 0.6) is 11.5 Å². The normalized spacial score (nSPS) is 10.9. The molecule has 1 amide bonds. The molecule has 4 rings (SSSR count). The summed E-state index contributed by atoms with van der Waals surface area (Å²) in [5.41, 5.74) is 10.2. The highest BCUT2D eigenvalue weighted by molar-refractivity contribution is 5.96. The predicted molar refractivity (Wildman–Crippen MR) is 124 cm³/mol. The molecule has 0 aliphatic heterocycles. The highest BCUT2D eigenvalue weighted by Gasteiger charge is 2.17. The number of ether oxygens (including phenoxy) is 2. The van der Waals surface area contributed by atoms with Gasteiger partial charge in [0.2, 0.25) is 0 Å². The van der Waals surface area contributed by atoms with E-state index in [-0.39, 0.29) is 0 Å². The number of rotatable bonds is 7. The quantitative estimate of drug-likeness (QED) is 0.464. The number of primary amides is 1. The number of amides is 1. The molecule has 0 aliphatic rings. The van der Waals surface area contributed by atoms with E-state index >= 15 is 0 Å². The zero-order valence-electron chi connectivity index (χ0n) is 18.0. The van der Waals surface area contributed by atoms with Gasteiger partial charge in [0.05, 0.1) is 19.8 Å². The van der Waals surface area contributed by atoms with Crippen molar-refractivity contribution in [3.8, 4) is 22.8 Å². The SMILES string of the molecule is COc1ccc(CCn2c(-c3ccc4ccccc4c3)cc(C(N)=O)c2C)cc1OC. The van der Waals surface area contributed by atoms with Crippen LogP contribution < -0.4 is 15.2 Å². The maximum Gasteiger partial charge on any atom is 0.250 e. The molecule has 3 aromatic carbocycles. The average Bonchev–Trinajstić information content (AvgIpc) is 3.13. The molecular weight excluding hydrogens is 388 g/mol. The van der Waals surface area contributed by atoms with Crippen molar-refractivity contribution in [2.75, 3.05) is 14.2 Å². The number of benzene rings is 3. The van der Waals surface area contributed by atoms with Gasteiger partial charge >= 0.3 is 0 Å². The number of aryl methyl sites for hydroxylation is 1. The maximum absolute atomic E-state index is 12.0. The first kappa shape index (κ1) is 20.5. The number of carbonyl (C=O) groups is 1. The van der Waals surface area contributed by atoms with Crippen LogP contribution in [-0.4, -0.2) is 24.7 Å². The molecule has 0 bridgehead atoms. The summed E-state index contributed by atoms with van der Waals surface area (Å²) in [6.07, 6.45) is 0.772. The van der Waals surface area contributed by atoms with E-state index in [1.165, 1.54) is 5.39 Å². The summed E-state index contributed by atoms with van der Waals surface area (Å²) >= 11 is 0. The Bertz CT molecular complexity index is 1260. The third-order valence-corrected chi connectivity index (χ3v) is 5.75. The summed E-state index contributed by atoms with van der Waals surface area (Å²) in [4.78, 5) is 12.0. The van der Waals surface area contributed by atoms with Gasteiger partial charge in [0.15, 0.2) is 11.5 Å². The highest BCUT2D eigenvalue weighted by atomic mass is 16.5. The van der Waals surface area contributed by atoms with Gasteiger partial charge in [0, 0.05) is 17.9 Å². The first-order chi connectivity index (χ1) is 15.0. The van der Waals surface area contributed by atoms with Crippen molar-refractivity contribution in [1.29, 1.82) is 0 Å². The molecule has 0 saturated carbocycles. The summed E-state index contributed by atoms with van der Waals surface area (Å²) in [5.74, 6) is 0.998. The molecule has 0 saturated heterocycles. The highest BCUT2D eigenvalue weighted by Crippen LogP contribution is 2.31. The van der Waals surface area contributed by atoms with Crippen LogP contribution in [0.2, 0.25) is 0 Å². The van der Waals surface area contributed by atoms with Crippen molar-refractivity contribution < 1.29 is 14.3 Å². The monoisotopic (exact) mass is 414 g/mol. The van der Waals surface area contributed by atoms with Crippen molar-refractivity contribution in [3.05, 3.63) is 83.6 Å². The van der Waals surface area contributed by atoms with Crippen molar-refractivity contribution in [2.45, 2.75) is 19.9 Å². The molecule has 0 radical (unpaired) electrons. The van der Waals surface area contributed by atoms with E-state index in [9.17, 15) is 4.79 Å². The molecule has 0 unspecified atom stereocenters. The third-order valence-electron chi connectivity index (χ3n) is 5.75. The van der Waals surface area contributed by atoms with Gasteiger partial charge in [-0.25, -0.2) is 0 Å². The van der Waals surface area contributed by atoms with E-state index in [1.807, 2.05) is 43.3 Å². The summed E-state index contributed by atoms with van der Waals surface area (Å²) in [6, 6.07) is 22.4. The van der Waals surface area contributed by atoms with Gasteiger partial charge in [-0.3, -0.25) is 4.79 Å². The van der Waals surface area contributed by atoms with Crippen molar-refractivity contribution in [2.24, 2.45) is 5.73 Å². The van der Waals surface area contributed by atoms with E-state index in [2.05, 4.69) is 34.9 Å². The van der Waals surface area contributed by atoms with E-state index in [0.29, 0.717) is 23.6 Å². The molecule has 5 nitrogen and oxygen atoms in total. The molecule has 0 fully saturated rings. The van der Waals surface area contributed by atoms with Crippen molar-refractivity contribution >= 4 is 16.7 Å². The fourth-order valence-electron chi connectivity index (χ4n) is 4.05. The smallest absolute Gasteiger partial charge is 0.250 e. The fraction of sp³-hybridized carbons (Fsp3) is 0.192. The number of methoxy groups -OCH3 is 2. The molecule has 2 N–H and O–H groups in total. The van der Waals surface area contributed by atoms with Crippen LogP contribution in [0, 0.1) is 6.92 Å². The number of carbonyl (C=O) groups excluding carboxylic acids is 1. The minimum absolute atomic E-state index is 0.413. The number of fused-ring (bicyclic) bond motifs is 1. The number of nitrogens with two attached hydrogens (primary N) is 1.